The van der Waals surface area contributed by atoms with E-state index in [1.807, 2.05) is 0 Å². The molecular formula is C7H16N2O3. The fourth-order valence-electron chi connectivity index (χ4n) is 0.591. The predicted octanol–water partition coefficient (Wildman–Crippen LogP) is -0.582. The second-order valence-corrected chi connectivity index (χ2v) is 2.55. The number of hydrogen-bond acceptors (Lipinski definition) is 4. The van der Waals surface area contributed by atoms with Crippen LogP contribution in [0, 0.1) is 0 Å². The average Bonchev–Trinajstić information content (AvgIpc) is 1.97. The first kappa shape index (κ1) is 11.4. The Balaban J connectivity index is 3.20. The van der Waals surface area contributed by atoms with Gasteiger partial charge in [0.25, 0.3) is 0 Å². The van der Waals surface area contributed by atoms with Crippen molar-refractivity contribution in [2.45, 2.75) is 19.4 Å². The maximum atomic E-state index is 10.9. The van der Waals surface area contributed by atoms with Crippen LogP contribution >= 0.6 is 0 Å². The minimum absolute atomic E-state index is 0.143. The molecular weight excluding hydrogens is 160 g/mol. The monoisotopic (exact) mass is 176 g/mol. The van der Waals surface area contributed by atoms with Crippen LogP contribution in [0.5, 0.6) is 0 Å². The van der Waals surface area contributed by atoms with Crippen molar-refractivity contribution in [1.82, 2.24) is 5.48 Å². The molecule has 12 heavy (non-hydrogen) atoms. The normalized spacial score (nSPS) is 12.6. The lowest BCUT2D eigenvalue weighted by molar-refractivity contribution is -0.134. The van der Waals surface area contributed by atoms with Gasteiger partial charge in [-0.2, -0.15) is 0 Å². The molecule has 0 aliphatic rings. The van der Waals surface area contributed by atoms with E-state index in [9.17, 15) is 4.79 Å². The number of rotatable bonds is 6. The highest BCUT2D eigenvalue weighted by Gasteiger charge is 2.03. The number of nitrogens with two attached hydrogens (primary N) is 1. The molecule has 0 radical (unpaired) electrons. The summed E-state index contributed by atoms with van der Waals surface area (Å²) in [6.45, 7) is 2.56. The third-order valence-corrected chi connectivity index (χ3v) is 1.08. The standard InChI is InChI=1S/C7H16N2O3/c1-6(8)5-7(10)9-12-4-3-11-2/h6H,3-5,8H2,1-2H3,(H,9,10). The molecule has 3 N–H and O–H groups in total. The summed E-state index contributed by atoms with van der Waals surface area (Å²) < 4.78 is 4.70. The van der Waals surface area contributed by atoms with Crippen molar-refractivity contribution in [1.29, 1.82) is 0 Å². The molecule has 0 aliphatic carbocycles. The molecule has 0 aliphatic heterocycles. The molecule has 0 heterocycles. The summed E-state index contributed by atoms with van der Waals surface area (Å²) in [6, 6.07) is -0.143. The van der Waals surface area contributed by atoms with E-state index in [0.29, 0.717) is 13.2 Å². The van der Waals surface area contributed by atoms with Gasteiger partial charge in [-0.1, -0.05) is 0 Å². The highest BCUT2D eigenvalue weighted by molar-refractivity contribution is 5.75. The van der Waals surface area contributed by atoms with Crippen molar-refractivity contribution >= 4 is 5.91 Å². The molecule has 5 heteroatoms. The van der Waals surface area contributed by atoms with E-state index < -0.39 is 0 Å². The van der Waals surface area contributed by atoms with E-state index in [1.165, 1.54) is 0 Å². The number of hydroxylamine groups is 1. The van der Waals surface area contributed by atoms with Gasteiger partial charge in [-0.15, -0.1) is 0 Å². The van der Waals surface area contributed by atoms with Gasteiger partial charge in [0.2, 0.25) is 5.91 Å². The van der Waals surface area contributed by atoms with Crippen LogP contribution in [0.1, 0.15) is 13.3 Å². The van der Waals surface area contributed by atoms with Crippen molar-refractivity contribution in [2.24, 2.45) is 5.73 Å². The molecule has 72 valence electrons. The average molecular weight is 176 g/mol. The molecule has 0 spiro atoms. The maximum absolute atomic E-state index is 10.9. The minimum Gasteiger partial charge on any atom is -0.382 e. The first-order valence-corrected chi connectivity index (χ1v) is 3.82. The summed E-state index contributed by atoms with van der Waals surface area (Å²) in [6.07, 6.45) is 0.271. The molecule has 0 bridgehead atoms. The summed E-state index contributed by atoms with van der Waals surface area (Å²) in [5.74, 6) is -0.207. The van der Waals surface area contributed by atoms with E-state index in [2.05, 4.69) is 5.48 Å². The van der Waals surface area contributed by atoms with Crippen LogP contribution in [0.15, 0.2) is 0 Å². The summed E-state index contributed by atoms with van der Waals surface area (Å²) in [7, 11) is 1.56. The predicted molar refractivity (Wildman–Crippen MR) is 44.2 cm³/mol. The fraction of sp³-hybridized carbons (Fsp3) is 0.857. The third kappa shape index (κ3) is 7.46. The Morgan fingerprint density at radius 3 is 2.75 bits per heavy atom. The Hall–Kier alpha value is -0.650. The second-order valence-electron chi connectivity index (χ2n) is 2.55. The highest BCUT2D eigenvalue weighted by Crippen LogP contribution is 1.84. The first-order valence-electron chi connectivity index (χ1n) is 3.82. The molecule has 0 aromatic carbocycles. The number of nitrogens with one attached hydrogen (secondary N) is 1. The van der Waals surface area contributed by atoms with Crippen LogP contribution in [0.4, 0.5) is 0 Å². The Bertz CT molecular complexity index is 128. The largest absolute Gasteiger partial charge is 0.382 e. The zero-order valence-corrected chi connectivity index (χ0v) is 7.50. The lowest BCUT2D eigenvalue weighted by Crippen LogP contribution is -2.30. The maximum Gasteiger partial charge on any atom is 0.245 e. The van der Waals surface area contributed by atoms with Crippen LogP contribution in [-0.4, -0.2) is 32.3 Å². The van der Waals surface area contributed by atoms with Crippen LogP contribution in [0.3, 0.4) is 0 Å². The Kier molecular flexibility index (Phi) is 6.64. The van der Waals surface area contributed by atoms with E-state index in [1.54, 1.807) is 14.0 Å². The minimum atomic E-state index is -0.207. The van der Waals surface area contributed by atoms with E-state index >= 15 is 0 Å². The highest BCUT2D eigenvalue weighted by atomic mass is 16.7. The summed E-state index contributed by atoms with van der Waals surface area (Å²) in [5, 5.41) is 0. The third-order valence-electron chi connectivity index (χ3n) is 1.08. The molecule has 5 nitrogen and oxygen atoms in total. The molecule has 1 unspecified atom stereocenters. The number of carbonyl (C=O) groups is 1. The van der Waals surface area contributed by atoms with E-state index in [4.69, 9.17) is 15.3 Å². The summed E-state index contributed by atoms with van der Waals surface area (Å²) >= 11 is 0. The van der Waals surface area contributed by atoms with Crippen molar-refractivity contribution in [2.75, 3.05) is 20.3 Å². The van der Waals surface area contributed by atoms with Gasteiger partial charge in [0.15, 0.2) is 0 Å². The van der Waals surface area contributed by atoms with E-state index in [0.717, 1.165) is 0 Å². The molecule has 0 saturated carbocycles. The van der Waals surface area contributed by atoms with Crippen molar-refractivity contribution in [3.63, 3.8) is 0 Å². The zero-order valence-electron chi connectivity index (χ0n) is 7.50. The lowest BCUT2D eigenvalue weighted by atomic mass is 10.2. The number of amides is 1. The smallest absolute Gasteiger partial charge is 0.245 e. The van der Waals surface area contributed by atoms with Gasteiger partial charge in [0, 0.05) is 19.6 Å². The molecule has 0 fully saturated rings. The topological polar surface area (TPSA) is 73.6 Å². The second kappa shape index (κ2) is 7.02. The summed E-state index contributed by atoms with van der Waals surface area (Å²) in [4.78, 5) is 15.6. The van der Waals surface area contributed by atoms with Gasteiger partial charge in [-0.3, -0.25) is 9.63 Å². The Morgan fingerprint density at radius 1 is 1.58 bits per heavy atom. The lowest BCUT2D eigenvalue weighted by Gasteiger charge is -2.06. The van der Waals surface area contributed by atoms with Gasteiger partial charge in [-0.25, -0.2) is 5.48 Å². The summed E-state index contributed by atoms with van der Waals surface area (Å²) in [5.41, 5.74) is 7.63. The SMILES string of the molecule is COCCONC(=O)CC(C)N. The van der Waals surface area contributed by atoms with E-state index in [-0.39, 0.29) is 18.4 Å². The Morgan fingerprint density at radius 2 is 2.25 bits per heavy atom. The van der Waals surface area contributed by atoms with Gasteiger partial charge < -0.3 is 10.5 Å². The van der Waals surface area contributed by atoms with Gasteiger partial charge in [-0.05, 0) is 6.92 Å². The van der Waals surface area contributed by atoms with Crippen LogP contribution in [0.25, 0.3) is 0 Å². The molecule has 0 aromatic heterocycles. The fourth-order valence-corrected chi connectivity index (χ4v) is 0.591. The van der Waals surface area contributed by atoms with Crippen LogP contribution in [-0.2, 0) is 14.4 Å². The van der Waals surface area contributed by atoms with Crippen molar-refractivity contribution in [3.05, 3.63) is 0 Å². The van der Waals surface area contributed by atoms with Crippen LogP contribution < -0.4 is 11.2 Å². The van der Waals surface area contributed by atoms with Gasteiger partial charge in [0.05, 0.1) is 13.2 Å². The van der Waals surface area contributed by atoms with Gasteiger partial charge >= 0.3 is 0 Å². The number of methoxy groups -OCH3 is 1. The Labute approximate surface area is 72.2 Å². The first-order chi connectivity index (χ1) is 5.66. The number of carbonyl (C=O) groups excluding carboxylic acids is 1. The zero-order chi connectivity index (χ0) is 9.40. The van der Waals surface area contributed by atoms with Gasteiger partial charge in [0.1, 0.15) is 0 Å². The molecule has 0 rings (SSSR count). The molecule has 0 saturated heterocycles. The van der Waals surface area contributed by atoms with Crippen LogP contribution in [0.2, 0.25) is 0 Å². The molecule has 1 amide bonds. The molecule has 1 atom stereocenters. The quantitative estimate of drug-likeness (QED) is 0.419. The molecule has 0 aromatic rings. The van der Waals surface area contributed by atoms with Crippen molar-refractivity contribution < 1.29 is 14.4 Å². The number of ether oxygens (including phenoxy) is 1. The number of hydrogen-bond donors (Lipinski definition) is 2. The van der Waals surface area contributed by atoms with Crippen molar-refractivity contribution in [3.8, 4) is 0 Å².